The summed E-state index contributed by atoms with van der Waals surface area (Å²) in [6.45, 7) is 7.51. The second-order valence-corrected chi connectivity index (χ2v) is 5.69. The van der Waals surface area contributed by atoms with E-state index in [1.165, 1.54) is 11.3 Å². The van der Waals surface area contributed by atoms with E-state index in [1.807, 2.05) is 51.1 Å². The van der Waals surface area contributed by atoms with Crippen LogP contribution in [0.3, 0.4) is 0 Å². The Kier molecular flexibility index (Phi) is 6.24. The molecule has 116 valence electrons. The molecule has 1 atom stereocenters. The lowest BCUT2D eigenvalue weighted by atomic mass is 10.2. The van der Waals surface area contributed by atoms with E-state index in [1.54, 1.807) is 13.0 Å². The Morgan fingerprint density at radius 2 is 1.95 bits per heavy atom. The van der Waals surface area contributed by atoms with Gasteiger partial charge < -0.3 is 10.5 Å². The first-order valence-electron chi connectivity index (χ1n) is 6.91. The summed E-state index contributed by atoms with van der Waals surface area (Å²) < 4.78 is 5.34. The van der Waals surface area contributed by atoms with Crippen LogP contribution in [-0.4, -0.2) is 22.8 Å². The van der Waals surface area contributed by atoms with E-state index >= 15 is 0 Å². The molecule has 1 rings (SSSR count). The van der Waals surface area contributed by atoms with Crippen molar-refractivity contribution in [3.63, 3.8) is 0 Å². The molecule has 2 N–H and O–H groups in total. The molecule has 0 aromatic heterocycles. The Morgan fingerprint density at radius 3 is 2.48 bits per heavy atom. The number of nitrogens with zero attached hydrogens (tertiary/aromatic N) is 1. The van der Waals surface area contributed by atoms with E-state index in [0.29, 0.717) is 0 Å². The van der Waals surface area contributed by atoms with Crippen LogP contribution in [0, 0.1) is 0 Å². The molecule has 1 aromatic rings. The maximum absolute atomic E-state index is 12.2. The minimum atomic E-state index is -0.586. The van der Waals surface area contributed by atoms with Gasteiger partial charge >= 0.3 is 6.09 Å². The molecule has 0 aliphatic carbocycles. The Hall–Kier alpha value is -2.01. The molecular formula is C16H24N2O3. The van der Waals surface area contributed by atoms with Gasteiger partial charge in [-0.25, -0.2) is 4.79 Å². The Balaban J connectivity index is 2.75. The van der Waals surface area contributed by atoms with Crippen LogP contribution in [-0.2, 0) is 16.2 Å². The van der Waals surface area contributed by atoms with Gasteiger partial charge in [0.15, 0.2) is 0 Å². The Labute approximate surface area is 126 Å². The van der Waals surface area contributed by atoms with Crippen molar-refractivity contribution in [1.82, 2.24) is 5.06 Å². The van der Waals surface area contributed by atoms with E-state index in [9.17, 15) is 4.79 Å². The van der Waals surface area contributed by atoms with E-state index in [4.69, 9.17) is 15.3 Å². The molecule has 21 heavy (non-hydrogen) atoms. The van der Waals surface area contributed by atoms with Crippen molar-refractivity contribution in [2.75, 3.05) is 0 Å². The van der Waals surface area contributed by atoms with E-state index in [0.717, 1.165) is 5.56 Å². The van der Waals surface area contributed by atoms with Crippen LogP contribution >= 0.6 is 0 Å². The van der Waals surface area contributed by atoms with Gasteiger partial charge in [0.05, 0.1) is 6.04 Å². The topological polar surface area (TPSA) is 64.8 Å². The maximum Gasteiger partial charge on any atom is 0.435 e. The Bertz CT molecular complexity index is 466. The summed E-state index contributed by atoms with van der Waals surface area (Å²) in [4.78, 5) is 17.8. The van der Waals surface area contributed by atoms with E-state index in [2.05, 4.69) is 0 Å². The highest BCUT2D eigenvalue weighted by molar-refractivity contribution is 5.67. The highest BCUT2D eigenvalue weighted by Crippen LogP contribution is 2.14. The van der Waals surface area contributed by atoms with Gasteiger partial charge in [-0.05, 0) is 45.5 Å². The van der Waals surface area contributed by atoms with Crippen molar-refractivity contribution in [1.29, 1.82) is 0 Å². The number of carbonyl (C=O) groups is 1. The van der Waals surface area contributed by atoms with Crippen molar-refractivity contribution >= 4 is 6.09 Å². The van der Waals surface area contributed by atoms with Crippen LogP contribution in [0.1, 0.15) is 33.3 Å². The smallest absolute Gasteiger partial charge is 0.435 e. The summed E-state index contributed by atoms with van der Waals surface area (Å²) >= 11 is 0. The number of benzene rings is 1. The van der Waals surface area contributed by atoms with Crippen LogP contribution in [0.4, 0.5) is 4.79 Å². The molecule has 0 spiro atoms. The molecule has 0 bridgehead atoms. The summed E-state index contributed by atoms with van der Waals surface area (Å²) in [5.41, 5.74) is 5.77. The molecule has 0 heterocycles. The molecular weight excluding hydrogens is 268 g/mol. The highest BCUT2D eigenvalue weighted by Gasteiger charge is 2.26. The van der Waals surface area contributed by atoms with Gasteiger partial charge in [0.1, 0.15) is 12.2 Å². The third kappa shape index (κ3) is 6.31. The summed E-state index contributed by atoms with van der Waals surface area (Å²) in [7, 11) is 0. The lowest BCUT2D eigenvalue weighted by Crippen LogP contribution is -2.41. The average molecular weight is 292 g/mol. The first kappa shape index (κ1) is 17.0. The SMILES string of the molecule is C[C@H](C=CN)N(OCc1ccccc1)C(=O)OC(C)(C)C. The number of hydrogen-bond acceptors (Lipinski definition) is 4. The van der Waals surface area contributed by atoms with Crippen molar-refractivity contribution < 1.29 is 14.4 Å². The molecule has 1 aromatic carbocycles. The van der Waals surface area contributed by atoms with Crippen LogP contribution in [0.15, 0.2) is 42.6 Å². The van der Waals surface area contributed by atoms with Gasteiger partial charge in [0, 0.05) is 0 Å². The average Bonchev–Trinajstić information content (AvgIpc) is 2.38. The second kappa shape index (κ2) is 7.69. The van der Waals surface area contributed by atoms with Crippen LogP contribution in [0.5, 0.6) is 0 Å². The molecule has 1 amide bonds. The molecule has 5 heteroatoms. The molecule has 0 aliphatic heterocycles. The number of hydrogen-bond donors (Lipinski definition) is 1. The summed E-state index contributed by atoms with van der Waals surface area (Å²) in [6.07, 6.45) is 2.51. The van der Waals surface area contributed by atoms with Crippen LogP contribution in [0.2, 0.25) is 0 Å². The first-order valence-corrected chi connectivity index (χ1v) is 6.91. The first-order chi connectivity index (χ1) is 9.83. The lowest BCUT2D eigenvalue weighted by molar-refractivity contribution is -0.167. The van der Waals surface area contributed by atoms with Gasteiger partial charge in [0.2, 0.25) is 0 Å². The molecule has 0 fully saturated rings. The fourth-order valence-electron chi connectivity index (χ4n) is 1.60. The third-order valence-corrected chi connectivity index (χ3v) is 2.55. The number of carbonyl (C=O) groups excluding carboxylic acids is 1. The van der Waals surface area contributed by atoms with Crippen molar-refractivity contribution in [2.24, 2.45) is 5.73 Å². The maximum atomic E-state index is 12.2. The number of amides is 1. The summed E-state index contributed by atoms with van der Waals surface area (Å²) in [5, 5.41) is 1.20. The van der Waals surface area contributed by atoms with Crippen molar-refractivity contribution in [2.45, 2.75) is 45.9 Å². The van der Waals surface area contributed by atoms with Crippen LogP contribution < -0.4 is 5.73 Å². The summed E-state index contributed by atoms with van der Waals surface area (Å²) in [6, 6.07) is 9.29. The quantitative estimate of drug-likeness (QED) is 0.846. The monoisotopic (exact) mass is 292 g/mol. The van der Waals surface area contributed by atoms with Gasteiger partial charge in [-0.3, -0.25) is 4.84 Å². The van der Waals surface area contributed by atoms with Crippen molar-refractivity contribution in [3.05, 3.63) is 48.2 Å². The van der Waals surface area contributed by atoms with Gasteiger partial charge in [-0.2, -0.15) is 5.06 Å². The van der Waals surface area contributed by atoms with Crippen LogP contribution in [0.25, 0.3) is 0 Å². The van der Waals surface area contributed by atoms with Gasteiger partial charge in [-0.1, -0.05) is 30.3 Å². The number of nitrogens with two attached hydrogens (primary N) is 1. The largest absolute Gasteiger partial charge is 0.442 e. The standard InChI is InChI=1S/C16H24N2O3/c1-13(10-11-17)18(15(19)21-16(2,3)4)20-12-14-8-6-5-7-9-14/h5-11,13H,12,17H2,1-4H3/t13-/m1/s1. The molecule has 0 saturated heterocycles. The predicted octanol–water partition coefficient (Wildman–Crippen LogP) is 3.22. The highest BCUT2D eigenvalue weighted by atomic mass is 16.7. The minimum Gasteiger partial charge on any atom is -0.442 e. The fourth-order valence-corrected chi connectivity index (χ4v) is 1.60. The minimum absolute atomic E-state index is 0.281. The Morgan fingerprint density at radius 1 is 1.33 bits per heavy atom. The van der Waals surface area contributed by atoms with E-state index < -0.39 is 11.7 Å². The normalized spacial score (nSPS) is 13.1. The molecule has 0 unspecified atom stereocenters. The number of rotatable bonds is 5. The van der Waals surface area contributed by atoms with Gasteiger partial charge in [-0.15, -0.1) is 0 Å². The van der Waals surface area contributed by atoms with Gasteiger partial charge in [0.25, 0.3) is 0 Å². The summed E-state index contributed by atoms with van der Waals surface area (Å²) in [5.74, 6) is 0. The van der Waals surface area contributed by atoms with Crippen molar-refractivity contribution in [3.8, 4) is 0 Å². The second-order valence-electron chi connectivity index (χ2n) is 5.69. The molecule has 5 nitrogen and oxygen atoms in total. The number of ether oxygens (including phenoxy) is 1. The zero-order chi connectivity index (χ0) is 15.9. The fraction of sp³-hybridized carbons (Fsp3) is 0.438. The molecule has 0 radical (unpaired) electrons. The molecule has 0 aliphatic rings. The predicted molar refractivity (Wildman–Crippen MR) is 82.1 cm³/mol. The zero-order valence-corrected chi connectivity index (χ0v) is 13.1. The zero-order valence-electron chi connectivity index (χ0n) is 13.1. The van der Waals surface area contributed by atoms with E-state index in [-0.39, 0.29) is 12.6 Å². The number of hydroxylamine groups is 2. The third-order valence-electron chi connectivity index (χ3n) is 2.55. The lowest BCUT2D eigenvalue weighted by Gasteiger charge is -2.29. The molecule has 0 saturated carbocycles.